The van der Waals surface area contributed by atoms with Gasteiger partial charge in [0.15, 0.2) is 0 Å². The quantitative estimate of drug-likeness (QED) is 0.187. The Bertz CT molecular complexity index is 1850. The summed E-state index contributed by atoms with van der Waals surface area (Å²) < 4.78 is 12.9. The molecule has 0 aliphatic carbocycles. The fourth-order valence-corrected chi connectivity index (χ4v) is 7.70. The number of aromatic nitrogens is 2. The number of benzene rings is 3. The van der Waals surface area contributed by atoms with Crippen LogP contribution in [0.4, 0.5) is 16.3 Å². The molecule has 4 heterocycles. The van der Waals surface area contributed by atoms with E-state index in [1.54, 1.807) is 10.9 Å². The SMILES string of the molecule is Cc1ccc(-n2nc(C(C)(C)C)cc2NC(=O)Nc2cccc(CC3CC4CCC(C3)N4C(=O)C(Cc3ccccc3)C3=COCO3)c2)cc1. The molecule has 3 aliphatic heterocycles. The zero-order valence-electron chi connectivity index (χ0n) is 29.4. The molecule has 3 amide bonds. The number of hydrogen-bond donors (Lipinski definition) is 2. The van der Waals surface area contributed by atoms with Gasteiger partial charge in [0, 0.05) is 29.3 Å². The smallest absolute Gasteiger partial charge is 0.324 e. The zero-order chi connectivity index (χ0) is 34.8. The van der Waals surface area contributed by atoms with Crippen molar-refractivity contribution in [2.75, 3.05) is 17.4 Å². The molecule has 9 nitrogen and oxygen atoms in total. The molecule has 0 radical (unpaired) electrons. The number of fused-ring (bicyclic) bond motifs is 2. The Morgan fingerprint density at radius 2 is 1.62 bits per heavy atom. The number of piperidine rings is 1. The van der Waals surface area contributed by atoms with Gasteiger partial charge in [-0.2, -0.15) is 5.10 Å². The van der Waals surface area contributed by atoms with Crippen molar-refractivity contribution < 1.29 is 19.1 Å². The van der Waals surface area contributed by atoms with E-state index < -0.39 is 0 Å². The largest absolute Gasteiger partial charge is 0.462 e. The lowest BCUT2D eigenvalue weighted by molar-refractivity contribution is -0.140. The molecule has 4 aromatic rings. The van der Waals surface area contributed by atoms with E-state index in [1.807, 2.05) is 67.6 Å². The Kier molecular flexibility index (Phi) is 9.40. The zero-order valence-corrected chi connectivity index (χ0v) is 29.4. The highest BCUT2D eigenvalue weighted by molar-refractivity contribution is 5.99. The molecule has 50 heavy (non-hydrogen) atoms. The van der Waals surface area contributed by atoms with Gasteiger partial charge in [0.25, 0.3) is 0 Å². The number of ether oxygens (including phenoxy) is 2. The minimum absolute atomic E-state index is 0.145. The summed E-state index contributed by atoms with van der Waals surface area (Å²) in [6.45, 7) is 8.54. The lowest BCUT2D eigenvalue weighted by atomic mass is 9.84. The standard InChI is InChI=1S/C41H47N5O4/c1-27-13-15-32(16-14-27)46-38(24-37(44-46)41(2,3)4)43-40(48)42-31-12-8-11-29(20-31)19-30-21-33-17-18-34(22-30)45(33)39(47)35(36-25-49-26-50-36)23-28-9-6-5-7-10-28/h5-16,20,24-25,30,33-35H,17-19,21-23,26H2,1-4H3,(H2,42,43,48). The Morgan fingerprint density at radius 1 is 0.900 bits per heavy atom. The molecular formula is C41H47N5O4. The van der Waals surface area contributed by atoms with E-state index in [0.717, 1.165) is 60.3 Å². The maximum Gasteiger partial charge on any atom is 0.324 e. The molecule has 9 heteroatoms. The lowest BCUT2D eigenvalue weighted by Gasteiger charge is -2.40. The molecule has 3 atom stereocenters. The van der Waals surface area contributed by atoms with E-state index in [1.165, 1.54) is 5.56 Å². The summed E-state index contributed by atoms with van der Waals surface area (Å²) >= 11 is 0. The second-order valence-corrected chi connectivity index (χ2v) is 15.1. The third kappa shape index (κ3) is 7.42. The number of nitrogens with zero attached hydrogens (tertiary/aromatic N) is 3. The van der Waals surface area contributed by atoms with Crippen LogP contribution in [0.25, 0.3) is 5.69 Å². The average Bonchev–Trinajstić information content (AvgIpc) is 3.83. The van der Waals surface area contributed by atoms with Crippen LogP contribution in [-0.2, 0) is 32.5 Å². The minimum atomic E-state index is -0.385. The van der Waals surface area contributed by atoms with Gasteiger partial charge in [-0.05, 0) is 86.8 Å². The van der Waals surface area contributed by atoms with Gasteiger partial charge in [0.05, 0.1) is 11.4 Å². The number of anilines is 2. The summed E-state index contributed by atoms with van der Waals surface area (Å²) in [6.07, 6.45) is 7.09. The Balaban J connectivity index is 0.998. The van der Waals surface area contributed by atoms with Crippen molar-refractivity contribution in [2.24, 2.45) is 11.8 Å². The molecule has 2 N–H and O–H groups in total. The summed E-state index contributed by atoms with van der Waals surface area (Å²) in [5.41, 5.74) is 5.78. The summed E-state index contributed by atoms with van der Waals surface area (Å²) in [5, 5.41) is 10.9. The van der Waals surface area contributed by atoms with Crippen molar-refractivity contribution in [3.8, 4) is 5.69 Å². The first-order chi connectivity index (χ1) is 24.1. The van der Waals surface area contributed by atoms with Crippen molar-refractivity contribution in [3.05, 3.63) is 119 Å². The van der Waals surface area contributed by atoms with Gasteiger partial charge in [0.2, 0.25) is 12.7 Å². The maximum absolute atomic E-state index is 14.2. The maximum atomic E-state index is 14.2. The summed E-state index contributed by atoms with van der Waals surface area (Å²) in [4.78, 5) is 29.6. The van der Waals surface area contributed by atoms with E-state index >= 15 is 0 Å². The molecule has 3 aromatic carbocycles. The molecule has 7 rings (SSSR count). The summed E-state index contributed by atoms with van der Waals surface area (Å²) in [5.74, 6) is 1.45. The molecule has 0 saturated carbocycles. The van der Waals surface area contributed by atoms with Gasteiger partial charge in [0.1, 0.15) is 23.8 Å². The summed E-state index contributed by atoms with van der Waals surface area (Å²) in [7, 11) is 0. The molecule has 1 aromatic heterocycles. The molecule has 0 spiro atoms. The first-order valence-electron chi connectivity index (χ1n) is 17.8. The third-order valence-corrected chi connectivity index (χ3v) is 10.2. The van der Waals surface area contributed by atoms with Gasteiger partial charge in [-0.3, -0.25) is 10.1 Å². The number of rotatable bonds is 9. The Hall–Kier alpha value is -5.05. The van der Waals surface area contributed by atoms with E-state index in [-0.39, 0.29) is 42.1 Å². The summed E-state index contributed by atoms with van der Waals surface area (Å²) in [6, 6.07) is 28.4. The van der Waals surface area contributed by atoms with Crippen molar-refractivity contribution in [1.29, 1.82) is 0 Å². The minimum Gasteiger partial charge on any atom is -0.462 e. The molecule has 2 fully saturated rings. The molecule has 2 bridgehead atoms. The normalized spacial score (nSPS) is 20.4. The molecule has 260 valence electrons. The second-order valence-electron chi connectivity index (χ2n) is 15.1. The van der Waals surface area contributed by atoms with E-state index in [2.05, 4.69) is 60.6 Å². The Labute approximate surface area is 294 Å². The van der Waals surface area contributed by atoms with E-state index in [4.69, 9.17) is 14.6 Å². The topological polar surface area (TPSA) is 97.7 Å². The number of nitrogens with one attached hydrogen (secondary N) is 2. The molecule has 3 unspecified atom stereocenters. The van der Waals surface area contributed by atoms with E-state index in [9.17, 15) is 9.59 Å². The fraction of sp³-hybridized carbons (Fsp3) is 0.390. The van der Waals surface area contributed by atoms with Crippen molar-refractivity contribution in [1.82, 2.24) is 14.7 Å². The van der Waals surface area contributed by atoms with Crippen molar-refractivity contribution in [2.45, 2.75) is 83.7 Å². The van der Waals surface area contributed by atoms with Gasteiger partial charge in [-0.25, -0.2) is 9.48 Å². The number of amides is 3. The van der Waals surface area contributed by atoms with Crippen LogP contribution in [0.2, 0.25) is 0 Å². The number of carbonyl (C=O) groups excluding carboxylic acids is 2. The molecule has 3 aliphatic rings. The van der Waals surface area contributed by atoms with Crippen molar-refractivity contribution in [3.63, 3.8) is 0 Å². The fourth-order valence-electron chi connectivity index (χ4n) is 7.70. The van der Waals surface area contributed by atoms with Crippen LogP contribution in [0.5, 0.6) is 0 Å². The van der Waals surface area contributed by atoms with Crippen LogP contribution in [-0.4, -0.2) is 45.5 Å². The predicted octanol–water partition coefficient (Wildman–Crippen LogP) is 8.14. The van der Waals surface area contributed by atoms with E-state index in [0.29, 0.717) is 23.9 Å². The van der Waals surface area contributed by atoms with Crippen LogP contribution in [0.3, 0.4) is 0 Å². The monoisotopic (exact) mass is 673 g/mol. The first-order valence-corrected chi connectivity index (χ1v) is 17.8. The van der Waals surface area contributed by atoms with Crippen LogP contribution in [0, 0.1) is 18.8 Å². The Morgan fingerprint density at radius 3 is 2.30 bits per heavy atom. The number of aryl methyl sites for hydroxylation is 1. The average molecular weight is 674 g/mol. The van der Waals surface area contributed by atoms with Crippen molar-refractivity contribution >= 4 is 23.4 Å². The number of urea groups is 1. The first kappa shape index (κ1) is 33.4. The highest BCUT2D eigenvalue weighted by Crippen LogP contribution is 2.42. The van der Waals surface area contributed by atoms with Crippen LogP contribution in [0.15, 0.2) is 97.0 Å². The highest BCUT2D eigenvalue weighted by Gasteiger charge is 2.46. The van der Waals surface area contributed by atoms with Gasteiger partial charge >= 0.3 is 6.03 Å². The van der Waals surface area contributed by atoms with Crippen LogP contribution in [0.1, 0.15) is 68.8 Å². The van der Waals surface area contributed by atoms with Gasteiger partial charge in [-0.15, -0.1) is 0 Å². The third-order valence-electron chi connectivity index (χ3n) is 10.2. The molecule has 2 saturated heterocycles. The predicted molar refractivity (Wildman–Crippen MR) is 195 cm³/mol. The van der Waals surface area contributed by atoms with Crippen LogP contribution < -0.4 is 10.6 Å². The number of carbonyl (C=O) groups is 2. The van der Waals surface area contributed by atoms with Crippen LogP contribution >= 0.6 is 0 Å². The highest BCUT2D eigenvalue weighted by atomic mass is 16.7. The lowest BCUT2D eigenvalue weighted by Crippen LogP contribution is -2.49. The number of hydrogen-bond acceptors (Lipinski definition) is 5. The van der Waals surface area contributed by atoms with Gasteiger partial charge < -0.3 is 19.7 Å². The molecular weight excluding hydrogens is 626 g/mol. The van der Waals surface area contributed by atoms with Gasteiger partial charge in [-0.1, -0.05) is 80.9 Å². The second kappa shape index (κ2) is 14.1.